The molecule has 0 spiro atoms. The monoisotopic (exact) mass is 582 g/mol. The minimum Gasteiger partial charge on any atom is -0.493 e. The summed E-state index contributed by atoms with van der Waals surface area (Å²) in [6, 6.07) is 7.15. The molecule has 1 aliphatic rings. The molecular formula is C22H23IN4O7. The highest BCUT2D eigenvalue weighted by Crippen LogP contribution is 2.34. The van der Waals surface area contributed by atoms with Gasteiger partial charge in [0.15, 0.2) is 21.9 Å². The number of carbonyl (C=O) groups is 3. The number of hydrogen-bond acceptors (Lipinski definition) is 8. The van der Waals surface area contributed by atoms with E-state index < -0.39 is 23.9 Å². The molecule has 0 aliphatic carbocycles. The number of rotatable bonds is 9. The van der Waals surface area contributed by atoms with Gasteiger partial charge < -0.3 is 29.3 Å². The maximum absolute atomic E-state index is 12.5. The Morgan fingerprint density at radius 3 is 2.74 bits per heavy atom. The largest absolute Gasteiger partial charge is 0.493 e. The first-order chi connectivity index (χ1) is 16.3. The number of amides is 3. The van der Waals surface area contributed by atoms with Gasteiger partial charge in [0, 0.05) is 5.70 Å². The van der Waals surface area contributed by atoms with Crippen LogP contribution < -0.4 is 25.5 Å². The number of carbonyl (C=O) groups excluding carboxylic acids is 3. The Morgan fingerprint density at radius 1 is 1.26 bits per heavy atom. The predicted octanol–water partition coefficient (Wildman–Crippen LogP) is 2.61. The molecule has 3 amide bonds. The Labute approximate surface area is 209 Å². The van der Waals surface area contributed by atoms with E-state index in [-0.39, 0.29) is 18.8 Å². The highest BCUT2D eigenvalue weighted by Gasteiger charge is 2.32. The van der Waals surface area contributed by atoms with Gasteiger partial charge in [0.2, 0.25) is 0 Å². The number of halogens is 1. The lowest BCUT2D eigenvalue weighted by atomic mass is 9.95. The summed E-state index contributed by atoms with van der Waals surface area (Å²) in [5, 5.41) is 9.11. The van der Waals surface area contributed by atoms with Crippen molar-refractivity contribution in [2.24, 2.45) is 5.10 Å². The number of allylic oxidation sites excluding steroid dienone is 1. The molecule has 11 nitrogen and oxygen atoms in total. The second kappa shape index (κ2) is 11.5. The number of hydrazone groups is 1. The van der Waals surface area contributed by atoms with Gasteiger partial charge in [0.25, 0.3) is 5.91 Å². The van der Waals surface area contributed by atoms with E-state index >= 15 is 0 Å². The Hall–Kier alpha value is -3.55. The summed E-state index contributed by atoms with van der Waals surface area (Å²) in [4.78, 5) is 36.6. The van der Waals surface area contributed by atoms with Crippen LogP contribution in [0.15, 0.2) is 51.1 Å². The van der Waals surface area contributed by atoms with E-state index in [0.29, 0.717) is 32.3 Å². The van der Waals surface area contributed by atoms with Gasteiger partial charge in [-0.25, -0.2) is 15.0 Å². The fourth-order valence-electron chi connectivity index (χ4n) is 3.15. The van der Waals surface area contributed by atoms with Gasteiger partial charge >= 0.3 is 12.0 Å². The molecule has 2 heterocycles. The van der Waals surface area contributed by atoms with Crippen molar-refractivity contribution >= 4 is 46.7 Å². The number of nitrogens with zero attached hydrogens (tertiary/aromatic N) is 1. The average molecular weight is 582 g/mol. The average Bonchev–Trinajstić information content (AvgIpc) is 3.22. The lowest BCUT2D eigenvalue weighted by molar-refractivity contribution is -0.139. The summed E-state index contributed by atoms with van der Waals surface area (Å²) < 4.78 is 22.1. The van der Waals surface area contributed by atoms with Gasteiger partial charge in [-0.3, -0.25) is 4.79 Å². The van der Waals surface area contributed by atoms with Gasteiger partial charge in [0.05, 0.1) is 31.5 Å². The lowest BCUT2D eigenvalue weighted by Crippen LogP contribution is -2.45. The van der Waals surface area contributed by atoms with Gasteiger partial charge in [-0.15, -0.1) is 0 Å². The Bertz CT molecular complexity index is 1140. The van der Waals surface area contributed by atoms with Crippen LogP contribution in [0.2, 0.25) is 0 Å². The van der Waals surface area contributed by atoms with Crippen molar-refractivity contribution < 1.29 is 33.0 Å². The van der Waals surface area contributed by atoms with E-state index in [1.165, 1.54) is 13.3 Å². The third kappa shape index (κ3) is 6.27. The van der Waals surface area contributed by atoms with Crippen LogP contribution in [0.4, 0.5) is 4.79 Å². The Kier molecular flexibility index (Phi) is 8.51. The standard InChI is InChI=1S/C22H23IN4O7/c1-4-32-21(29)19-12(2)25-22(30)26-20(19)13-5-7-15(16(9-13)31-3)33-11-18(28)27-24-10-14-6-8-17(23)34-14/h5-10,20H,4,11H2,1-3H3,(H,27,28)(H2,25,26,30). The normalized spacial score (nSPS) is 15.5. The van der Waals surface area contributed by atoms with E-state index in [1.807, 2.05) is 22.6 Å². The summed E-state index contributed by atoms with van der Waals surface area (Å²) >= 11 is 2.02. The summed E-state index contributed by atoms with van der Waals surface area (Å²) in [6.07, 6.45) is 1.37. The zero-order valence-electron chi connectivity index (χ0n) is 18.6. The summed E-state index contributed by atoms with van der Waals surface area (Å²) in [5.74, 6) is 0.0762. The summed E-state index contributed by atoms with van der Waals surface area (Å²) in [6.45, 7) is 3.20. The Morgan fingerprint density at radius 2 is 2.06 bits per heavy atom. The number of nitrogens with one attached hydrogen (secondary N) is 3. The topological polar surface area (TPSA) is 140 Å². The molecule has 0 saturated heterocycles. The predicted molar refractivity (Wildman–Crippen MR) is 129 cm³/mol. The van der Waals surface area contributed by atoms with Crippen LogP contribution in [-0.4, -0.2) is 44.4 Å². The quantitative estimate of drug-likeness (QED) is 0.179. The summed E-state index contributed by atoms with van der Waals surface area (Å²) in [7, 11) is 1.44. The van der Waals surface area contributed by atoms with E-state index in [0.717, 1.165) is 0 Å². The SMILES string of the molecule is CCOC(=O)C1=C(C)NC(=O)NC1c1ccc(OCC(=O)NN=Cc2ccc(I)o2)c(OC)c1. The molecule has 0 radical (unpaired) electrons. The third-order valence-electron chi connectivity index (χ3n) is 4.62. The number of ether oxygens (including phenoxy) is 3. The zero-order valence-corrected chi connectivity index (χ0v) is 20.8. The molecule has 0 bridgehead atoms. The second-order valence-corrected chi connectivity index (χ2v) is 7.99. The molecule has 0 fully saturated rings. The van der Waals surface area contributed by atoms with Crippen molar-refractivity contribution in [2.75, 3.05) is 20.3 Å². The first-order valence-corrected chi connectivity index (χ1v) is 11.2. The van der Waals surface area contributed by atoms with Gasteiger partial charge in [-0.2, -0.15) is 5.10 Å². The van der Waals surface area contributed by atoms with Crippen molar-refractivity contribution in [2.45, 2.75) is 19.9 Å². The van der Waals surface area contributed by atoms with Crippen LogP contribution in [0.3, 0.4) is 0 Å². The van der Waals surface area contributed by atoms with Gasteiger partial charge in [-0.05, 0) is 66.3 Å². The van der Waals surface area contributed by atoms with E-state index in [9.17, 15) is 14.4 Å². The van der Waals surface area contributed by atoms with Crippen molar-refractivity contribution in [3.63, 3.8) is 0 Å². The second-order valence-electron chi connectivity index (χ2n) is 6.92. The van der Waals surface area contributed by atoms with Crippen LogP contribution in [0.25, 0.3) is 0 Å². The van der Waals surface area contributed by atoms with Crippen molar-refractivity contribution in [3.8, 4) is 11.5 Å². The number of esters is 1. The zero-order chi connectivity index (χ0) is 24.7. The van der Waals surface area contributed by atoms with Crippen molar-refractivity contribution in [3.05, 3.63) is 56.7 Å². The van der Waals surface area contributed by atoms with Crippen LogP contribution >= 0.6 is 22.6 Å². The smallest absolute Gasteiger partial charge is 0.338 e. The van der Waals surface area contributed by atoms with E-state index in [1.54, 1.807) is 44.2 Å². The third-order valence-corrected chi connectivity index (χ3v) is 5.20. The molecule has 1 aromatic heterocycles. The minimum atomic E-state index is -0.752. The maximum atomic E-state index is 12.5. The van der Waals surface area contributed by atoms with Gasteiger partial charge in [-0.1, -0.05) is 6.07 Å². The van der Waals surface area contributed by atoms with Crippen LogP contribution in [0.5, 0.6) is 11.5 Å². The van der Waals surface area contributed by atoms with Crippen LogP contribution in [0.1, 0.15) is 31.2 Å². The first kappa shape index (κ1) is 25.1. The number of methoxy groups -OCH3 is 1. The molecule has 180 valence electrons. The maximum Gasteiger partial charge on any atom is 0.338 e. The number of hydrogen-bond donors (Lipinski definition) is 3. The molecule has 1 aromatic carbocycles. The van der Waals surface area contributed by atoms with Crippen LogP contribution in [-0.2, 0) is 14.3 Å². The summed E-state index contributed by atoms with van der Waals surface area (Å²) in [5.41, 5.74) is 3.59. The van der Waals surface area contributed by atoms with Crippen molar-refractivity contribution in [1.29, 1.82) is 0 Å². The van der Waals surface area contributed by atoms with Gasteiger partial charge in [0.1, 0.15) is 5.76 Å². The number of urea groups is 1. The lowest BCUT2D eigenvalue weighted by Gasteiger charge is -2.28. The van der Waals surface area contributed by atoms with Crippen LogP contribution in [0, 0.1) is 3.77 Å². The number of benzene rings is 1. The molecule has 3 N–H and O–H groups in total. The first-order valence-electron chi connectivity index (χ1n) is 10.2. The number of furan rings is 1. The highest BCUT2D eigenvalue weighted by atomic mass is 127. The molecule has 1 unspecified atom stereocenters. The molecule has 3 rings (SSSR count). The van der Waals surface area contributed by atoms with E-state index in [2.05, 4.69) is 21.2 Å². The highest BCUT2D eigenvalue weighted by molar-refractivity contribution is 14.1. The molecule has 1 aliphatic heterocycles. The fraction of sp³-hybridized carbons (Fsp3) is 0.273. The van der Waals surface area contributed by atoms with Crippen molar-refractivity contribution in [1.82, 2.24) is 16.1 Å². The molecule has 1 atom stereocenters. The fourth-order valence-corrected chi connectivity index (χ4v) is 3.58. The molecule has 34 heavy (non-hydrogen) atoms. The molecule has 2 aromatic rings. The molecular weight excluding hydrogens is 559 g/mol. The molecule has 12 heteroatoms. The molecule has 0 saturated carbocycles. The Balaban J connectivity index is 1.70. The van der Waals surface area contributed by atoms with E-state index in [4.69, 9.17) is 18.6 Å². The minimum absolute atomic E-state index is 0.194.